The fraction of sp³-hybridized carbons (Fsp3) is 0.321. The lowest BCUT2D eigenvalue weighted by Gasteiger charge is -2.17. The summed E-state index contributed by atoms with van der Waals surface area (Å²) in [5.74, 6) is 1.71. The maximum atomic E-state index is 13.4. The van der Waals surface area contributed by atoms with Crippen molar-refractivity contribution in [3.63, 3.8) is 0 Å². The van der Waals surface area contributed by atoms with Gasteiger partial charge >= 0.3 is 0 Å². The number of rotatable bonds is 10. The maximum Gasteiger partial charge on any atom is 0.238 e. The zero-order valence-electron chi connectivity index (χ0n) is 22.6. The van der Waals surface area contributed by atoms with Crippen molar-refractivity contribution in [1.29, 1.82) is 0 Å². The lowest BCUT2D eigenvalue weighted by molar-refractivity contribution is -0.115. The molecule has 0 aliphatic carbocycles. The van der Waals surface area contributed by atoms with E-state index in [0.29, 0.717) is 47.6 Å². The number of hydrogen-bond donors (Lipinski definition) is 1. The second-order valence-electron chi connectivity index (χ2n) is 9.15. The van der Waals surface area contributed by atoms with Crippen molar-refractivity contribution in [3.8, 4) is 11.5 Å². The van der Waals surface area contributed by atoms with Crippen molar-refractivity contribution in [3.05, 3.63) is 65.7 Å². The first kappa shape index (κ1) is 26.5. The SMILES string of the molecule is CC[C@H](Sc1nc2ccccc2c2nc(CCn3nc(C)cc3C)nn12)C(=O)Nc1cc(OC)ccc1OC. The van der Waals surface area contributed by atoms with E-state index in [4.69, 9.17) is 24.5 Å². The van der Waals surface area contributed by atoms with E-state index in [1.165, 1.54) is 11.8 Å². The molecule has 0 bridgehead atoms. The van der Waals surface area contributed by atoms with E-state index in [9.17, 15) is 4.79 Å². The van der Waals surface area contributed by atoms with Crippen LogP contribution < -0.4 is 14.8 Å². The summed E-state index contributed by atoms with van der Waals surface area (Å²) in [6, 6.07) is 15.2. The smallest absolute Gasteiger partial charge is 0.238 e. The number of benzene rings is 2. The van der Waals surface area contributed by atoms with Crippen LogP contribution in [0.25, 0.3) is 16.6 Å². The van der Waals surface area contributed by atoms with Crippen LogP contribution >= 0.6 is 11.8 Å². The number of carbonyl (C=O) groups is 1. The lowest BCUT2D eigenvalue weighted by Crippen LogP contribution is -2.25. The Kier molecular flexibility index (Phi) is 7.69. The van der Waals surface area contributed by atoms with Crippen molar-refractivity contribution >= 4 is 39.9 Å². The van der Waals surface area contributed by atoms with Gasteiger partial charge in [0.05, 0.1) is 36.4 Å². The van der Waals surface area contributed by atoms with Crippen LogP contribution in [0.1, 0.15) is 30.6 Å². The van der Waals surface area contributed by atoms with Crippen molar-refractivity contribution in [2.75, 3.05) is 19.5 Å². The molecule has 11 heteroatoms. The van der Waals surface area contributed by atoms with E-state index < -0.39 is 5.25 Å². The molecule has 0 spiro atoms. The Morgan fingerprint density at radius 3 is 2.59 bits per heavy atom. The van der Waals surface area contributed by atoms with Gasteiger partial charge in [-0.1, -0.05) is 30.8 Å². The average molecular weight is 546 g/mol. The Balaban J connectivity index is 1.45. The van der Waals surface area contributed by atoms with Gasteiger partial charge < -0.3 is 14.8 Å². The van der Waals surface area contributed by atoms with Crippen LogP contribution in [-0.4, -0.2) is 54.7 Å². The van der Waals surface area contributed by atoms with Crippen LogP contribution in [0.2, 0.25) is 0 Å². The summed E-state index contributed by atoms with van der Waals surface area (Å²) >= 11 is 1.37. The van der Waals surface area contributed by atoms with Crippen LogP contribution in [0.15, 0.2) is 53.7 Å². The number of fused-ring (bicyclic) bond motifs is 3. The van der Waals surface area contributed by atoms with Crippen molar-refractivity contribution in [1.82, 2.24) is 29.4 Å². The molecule has 0 saturated carbocycles. The molecular formula is C28H31N7O3S. The van der Waals surface area contributed by atoms with Gasteiger partial charge in [0.2, 0.25) is 5.91 Å². The van der Waals surface area contributed by atoms with Crippen molar-refractivity contribution < 1.29 is 14.3 Å². The van der Waals surface area contributed by atoms with E-state index in [2.05, 4.69) is 16.5 Å². The number of para-hydroxylation sites is 1. The first-order valence-corrected chi connectivity index (χ1v) is 13.6. The van der Waals surface area contributed by atoms with Gasteiger partial charge in [-0.2, -0.15) is 9.61 Å². The van der Waals surface area contributed by atoms with Crippen molar-refractivity contribution in [2.45, 2.75) is 50.6 Å². The second-order valence-corrected chi connectivity index (χ2v) is 10.3. The molecule has 0 fully saturated rings. The third-order valence-corrected chi connectivity index (χ3v) is 7.73. The average Bonchev–Trinajstić information content (AvgIpc) is 3.52. The van der Waals surface area contributed by atoms with Crippen LogP contribution in [0.3, 0.4) is 0 Å². The molecule has 39 heavy (non-hydrogen) atoms. The van der Waals surface area contributed by atoms with E-state index in [0.717, 1.165) is 27.9 Å². The van der Waals surface area contributed by atoms with Gasteiger partial charge in [0, 0.05) is 30.1 Å². The highest BCUT2D eigenvalue weighted by atomic mass is 32.2. The second kappa shape index (κ2) is 11.3. The monoisotopic (exact) mass is 545 g/mol. The maximum absolute atomic E-state index is 13.4. The van der Waals surface area contributed by atoms with Crippen molar-refractivity contribution in [2.24, 2.45) is 0 Å². The number of hydrogen-bond acceptors (Lipinski definition) is 8. The fourth-order valence-corrected chi connectivity index (χ4v) is 5.40. The van der Waals surface area contributed by atoms with E-state index in [1.54, 1.807) is 36.9 Å². The molecule has 0 saturated heterocycles. The largest absolute Gasteiger partial charge is 0.497 e. The molecule has 3 aromatic heterocycles. The van der Waals surface area contributed by atoms with Crippen LogP contribution in [-0.2, 0) is 17.8 Å². The number of anilines is 1. The minimum Gasteiger partial charge on any atom is -0.497 e. The van der Waals surface area contributed by atoms with Crippen LogP contribution in [0.4, 0.5) is 5.69 Å². The molecule has 0 unspecified atom stereocenters. The zero-order chi connectivity index (χ0) is 27.5. The third-order valence-electron chi connectivity index (χ3n) is 6.42. The summed E-state index contributed by atoms with van der Waals surface area (Å²) in [6.07, 6.45) is 1.20. The number of aromatic nitrogens is 6. The molecule has 1 amide bonds. The molecule has 3 heterocycles. The number of ether oxygens (including phenoxy) is 2. The number of nitrogens with one attached hydrogen (secondary N) is 1. The highest BCUT2D eigenvalue weighted by molar-refractivity contribution is 8.00. The number of nitrogens with zero attached hydrogens (tertiary/aromatic N) is 6. The first-order valence-electron chi connectivity index (χ1n) is 12.7. The molecule has 202 valence electrons. The lowest BCUT2D eigenvalue weighted by atomic mass is 10.2. The standard InChI is InChI=1S/C28H31N7O3S/c1-6-24(27(36)29-22-16-19(37-4)11-12-23(22)38-5)39-28-30-21-10-8-7-9-20(21)26-31-25(33-35(26)28)13-14-34-18(3)15-17(2)32-34/h7-12,15-16,24H,6,13-14H2,1-5H3,(H,29,36)/t24-/m0/s1. The molecular weight excluding hydrogens is 514 g/mol. The molecule has 0 radical (unpaired) electrons. The van der Waals surface area contributed by atoms with Gasteiger partial charge in [-0.05, 0) is 50.6 Å². The molecule has 2 aromatic carbocycles. The fourth-order valence-electron chi connectivity index (χ4n) is 4.44. The van der Waals surface area contributed by atoms with E-state index in [1.807, 2.05) is 49.7 Å². The summed E-state index contributed by atoms with van der Waals surface area (Å²) in [7, 11) is 3.15. The summed E-state index contributed by atoms with van der Waals surface area (Å²) in [5.41, 5.74) is 4.15. The predicted molar refractivity (Wildman–Crippen MR) is 152 cm³/mol. The molecule has 5 aromatic rings. The van der Waals surface area contributed by atoms with Gasteiger partial charge in [0.1, 0.15) is 11.5 Å². The Hall–Kier alpha value is -4.12. The van der Waals surface area contributed by atoms with Gasteiger partial charge in [-0.15, -0.1) is 5.10 Å². The molecule has 1 N–H and O–H groups in total. The number of thioether (sulfide) groups is 1. The van der Waals surface area contributed by atoms with Gasteiger partial charge in [-0.25, -0.2) is 9.97 Å². The summed E-state index contributed by atoms with van der Waals surface area (Å²) in [6.45, 7) is 6.67. The number of aryl methyl sites for hydroxylation is 4. The Morgan fingerprint density at radius 1 is 1.05 bits per heavy atom. The third kappa shape index (κ3) is 5.53. The first-order chi connectivity index (χ1) is 18.9. The summed E-state index contributed by atoms with van der Waals surface area (Å²) in [5, 5.41) is 13.4. The van der Waals surface area contributed by atoms with Crippen LogP contribution in [0, 0.1) is 13.8 Å². The summed E-state index contributed by atoms with van der Waals surface area (Å²) < 4.78 is 14.5. The zero-order valence-corrected chi connectivity index (χ0v) is 23.5. The topological polar surface area (TPSA) is 108 Å². The minimum absolute atomic E-state index is 0.165. The molecule has 5 rings (SSSR count). The number of carbonyl (C=O) groups excluding carboxylic acids is 1. The molecule has 10 nitrogen and oxygen atoms in total. The predicted octanol–water partition coefficient (Wildman–Crippen LogP) is 4.86. The van der Waals surface area contributed by atoms with E-state index in [-0.39, 0.29) is 5.91 Å². The van der Waals surface area contributed by atoms with Gasteiger partial charge in [0.15, 0.2) is 16.6 Å². The van der Waals surface area contributed by atoms with Gasteiger partial charge in [-0.3, -0.25) is 9.48 Å². The number of amides is 1. The summed E-state index contributed by atoms with van der Waals surface area (Å²) in [4.78, 5) is 23.1. The normalized spacial score (nSPS) is 12.1. The Labute approximate surface area is 230 Å². The Morgan fingerprint density at radius 2 is 1.87 bits per heavy atom. The molecule has 0 aliphatic heterocycles. The van der Waals surface area contributed by atoms with E-state index >= 15 is 0 Å². The Bertz CT molecular complexity index is 1650. The molecule has 1 atom stereocenters. The van der Waals surface area contributed by atoms with Crippen LogP contribution in [0.5, 0.6) is 11.5 Å². The molecule has 0 aliphatic rings. The highest BCUT2D eigenvalue weighted by Gasteiger charge is 2.24. The minimum atomic E-state index is -0.430. The quantitative estimate of drug-likeness (QED) is 0.196. The highest BCUT2D eigenvalue weighted by Crippen LogP contribution is 2.32. The number of methoxy groups -OCH3 is 2. The van der Waals surface area contributed by atoms with Gasteiger partial charge in [0.25, 0.3) is 0 Å².